The van der Waals surface area contributed by atoms with Gasteiger partial charge >= 0.3 is 14.9 Å². The van der Waals surface area contributed by atoms with Crippen molar-refractivity contribution in [1.29, 1.82) is 5.26 Å². The van der Waals surface area contributed by atoms with Crippen LogP contribution in [0.2, 0.25) is 0 Å². The van der Waals surface area contributed by atoms with E-state index < -0.39 is 14.9 Å². The lowest BCUT2D eigenvalue weighted by atomic mass is 10.1. The van der Waals surface area contributed by atoms with Gasteiger partial charge in [-0.05, 0) is 147 Å². The van der Waals surface area contributed by atoms with Crippen molar-refractivity contribution >= 4 is 88.1 Å². The van der Waals surface area contributed by atoms with Gasteiger partial charge in [0.25, 0.3) is 0 Å². The quantitative estimate of drug-likeness (QED) is 0.122. The molecule has 2 heterocycles. The molecule has 2 atom stereocenters. The molecule has 2 aliphatic heterocycles. The zero-order chi connectivity index (χ0) is 43.5. The number of nitrogens with zero attached hydrogens (tertiary/aromatic N) is 8. The molecular formula is C50H36N8O2P2. The summed E-state index contributed by atoms with van der Waals surface area (Å²) in [4.78, 5) is 11.0. The normalized spacial score (nSPS) is 17.4. The van der Waals surface area contributed by atoms with Gasteiger partial charge in [-0.15, -0.1) is 0 Å². The van der Waals surface area contributed by atoms with Gasteiger partial charge in [-0.2, -0.15) is 5.26 Å². The monoisotopic (exact) mass is 842 g/mol. The number of nitriles is 1. The molecule has 0 radical (unpaired) electrons. The Labute approximate surface area is 361 Å². The van der Waals surface area contributed by atoms with Gasteiger partial charge in [-0.1, -0.05) is 48.5 Å². The maximum atomic E-state index is 17.2. The first-order valence-electron chi connectivity index (χ1n) is 19.6. The minimum absolute atomic E-state index is 0.409. The van der Waals surface area contributed by atoms with Crippen molar-refractivity contribution in [2.75, 3.05) is 18.7 Å². The van der Waals surface area contributed by atoms with E-state index in [0.717, 1.165) is 22.3 Å². The average molecular weight is 843 g/mol. The molecule has 0 aliphatic carbocycles. The highest BCUT2D eigenvalue weighted by Gasteiger charge is 2.57. The van der Waals surface area contributed by atoms with Gasteiger partial charge in [-0.25, -0.2) is 14.5 Å². The highest BCUT2D eigenvalue weighted by atomic mass is 31.2. The second-order valence-corrected chi connectivity index (χ2v) is 20.2. The third-order valence-corrected chi connectivity index (χ3v) is 16.9. The smallest absolute Gasteiger partial charge is 0.270 e. The Balaban J connectivity index is 1.47. The van der Waals surface area contributed by atoms with E-state index in [2.05, 4.69) is 20.6 Å². The summed E-state index contributed by atoms with van der Waals surface area (Å²) >= 11 is 0. The molecule has 0 spiro atoms. The van der Waals surface area contributed by atoms with E-state index in [4.69, 9.17) is 19.7 Å². The molecule has 12 heteroatoms. The predicted octanol–water partition coefficient (Wildman–Crippen LogP) is 14.1. The van der Waals surface area contributed by atoms with E-state index in [-0.39, 0.29) is 0 Å². The first kappa shape index (κ1) is 39.6. The third-order valence-electron chi connectivity index (χ3n) is 11.1. The fourth-order valence-corrected chi connectivity index (χ4v) is 15.0. The van der Waals surface area contributed by atoms with Gasteiger partial charge in [-0.3, -0.25) is 27.8 Å². The van der Waals surface area contributed by atoms with E-state index >= 15 is 9.13 Å². The van der Waals surface area contributed by atoms with Crippen LogP contribution < -0.4 is 29.3 Å². The predicted molar refractivity (Wildman–Crippen MR) is 251 cm³/mol. The summed E-state index contributed by atoms with van der Waals surface area (Å²) in [6, 6.07) is 45.8. The van der Waals surface area contributed by atoms with Gasteiger partial charge in [0.2, 0.25) is 0 Å². The van der Waals surface area contributed by atoms with Crippen molar-refractivity contribution in [1.82, 2.24) is 0 Å². The summed E-state index contributed by atoms with van der Waals surface area (Å²) < 4.78 is 41.7. The lowest BCUT2D eigenvalue weighted by Gasteiger charge is -2.35. The molecule has 2 aliphatic rings. The largest absolute Gasteiger partial charge is 0.301 e. The van der Waals surface area contributed by atoms with Gasteiger partial charge < -0.3 is 0 Å². The average Bonchev–Trinajstić information content (AvgIpc) is 3.72. The molecule has 0 aromatic heterocycles. The molecule has 0 amide bonds. The number of benzene rings is 7. The maximum Gasteiger partial charge on any atom is 0.301 e. The molecule has 0 N–H and O–H groups in total. The molecule has 10 nitrogen and oxygen atoms in total. The van der Waals surface area contributed by atoms with E-state index in [1.807, 2.05) is 94.9 Å². The van der Waals surface area contributed by atoms with Crippen molar-refractivity contribution in [2.45, 2.75) is 27.7 Å². The van der Waals surface area contributed by atoms with Gasteiger partial charge in [0, 0.05) is 22.7 Å². The zero-order valence-electron chi connectivity index (χ0n) is 34.1. The Morgan fingerprint density at radius 2 is 0.726 bits per heavy atom. The minimum Gasteiger partial charge on any atom is -0.270 e. The van der Waals surface area contributed by atoms with E-state index in [9.17, 15) is 5.26 Å². The van der Waals surface area contributed by atoms with Crippen LogP contribution in [0.25, 0.3) is 14.5 Å². The molecule has 0 fully saturated rings. The highest BCUT2D eigenvalue weighted by molar-refractivity contribution is 7.77. The standard InChI is InChI=1S/C50H36N8O2P2/c1-33-26-34(2)29-45(28-33)61(59)55(41-16-8-37(32-51)9-17-41)47-24-25-48-50(49(47)57(61)43-20-12-39(53-6)13-21-43)58(44-22-14-40(54-7)15-23-44)62(60,46-30-35(3)27-36(4)31-46)56(48)42-18-10-38(52-5)11-19-42/h8-31H,1-4H3. The van der Waals surface area contributed by atoms with Crippen molar-refractivity contribution in [2.24, 2.45) is 0 Å². The fraction of sp³-hybridized carbons (Fsp3) is 0.0800. The summed E-state index contributed by atoms with van der Waals surface area (Å²) in [5.74, 6) is 0. The van der Waals surface area contributed by atoms with Crippen LogP contribution in [-0.2, 0) is 9.13 Å². The number of hydrogen-bond acceptors (Lipinski definition) is 3. The summed E-state index contributed by atoms with van der Waals surface area (Å²) in [6.07, 6.45) is 0. The maximum absolute atomic E-state index is 17.2. The Morgan fingerprint density at radius 3 is 1.02 bits per heavy atom. The number of hydrogen-bond donors (Lipinski definition) is 0. The zero-order valence-corrected chi connectivity index (χ0v) is 35.9. The van der Waals surface area contributed by atoms with Crippen LogP contribution in [0, 0.1) is 58.7 Å². The van der Waals surface area contributed by atoms with Gasteiger partial charge in [0.1, 0.15) is 0 Å². The topological polar surface area (TPSA) is 84.0 Å². The molecule has 0 bridgehead atoms. The SMILES string of the molecule is [C-]#[N+]c1ccc(N2c3ccc4c(c3N(c3ccc([N+]#[C-])cc3)P2(=O)c2cc(C)cc(C)c2)N(c2ccc([N+]#[C-])cc2)P(=O)(c2cc(C)cc(C)c2)N4c2ccc(C#N)cc2)cc1. The Morgan fingerprint density at radius 1 is 0.435 bits per heavy atom. The summed E-state index contributed by atoms with van der Waals surface area (Å²) in [7, 11) is -8.13. The van der Waals surface area contributed by atoms with E-state index in [1.54, 1.807) is 97.1 Å². The van der Waals surface area contributed by atoms with Crippen LogP contribution in [-0.4, -0.2) is 0 Å². The number of anilines is 8. The molecule has 7 aromatic rings. The van der Waals surface area contributed by atoms with Crippen molar-refractivity contribution in [3.63, 3.8) is 0 Å². The first-order valence-corrected chi connectivity index (χ1v) is 22.9. The molecule has 7 aromatic carbocycles. The van der Waals surface area contributed by atoms with Crippen LogP contribution in [0.5, 0.6) is 0 Å². The van der Waals surface area contributed by atoms with Crippen molar-refractivity contribution in [3.8, 4) is 6.07 Å². The van der Waals surface area contributed by atoms with Crippen molar-refractivity contribution in [3.05, 3.63) is 208 Å². The minimum atomic E-state index is -4.07. The number of fused-ring (bicyclic) bond motifs is 3. The summed E-state index contributed by atoms with van der Waals surface area (Å²) in [5.41, 5.74) is 9.69. The molecule has 2 unspecified atom stereocenters. The molecule has 298 valence electrons. The Kier molecular flexibility index (Phi) is 9.59. The third kappa shape index (κ3) is 6.14. The Bertz CT molecular complexity index is 2990. The van der Waals surface area contributed by atoms with Crippen LogP contribution in [0.3, 0.4) is 0 Å². The van der Waals surface area contributed by atoms with Crippen LogP contribution in [0.1, 0.15) is 27.8 Å². The van der Waals surface area contributed by atoms with Crippen LogP contribution in [0.15, 0.2) is 146 Å². The van der Waals surface area contributed by atoms with Crippen LogP contribution in [0.4, 0.5) is 62.6 Å². The van der Waals surface area contributed by atoms with E-state index in [1.165, 1.54) is 0 Å². The number of aryl methyl sites for hydroxylation is 4. The van der Waals surface area contributed by atoms with Crippen LogP contribution >= 0.6 is 14.9 Å². The molecule has 62 heavy (non-hydrogen) atoms. The van der Waals surface area contributed by atoms with Crippen molar-refractivity contribution < 1.29 is 9.13 Å². The molecule has 9 rings (SSSR count). The lowest BCUT2D eigenvalue weighted by Crippen LogP contribution is -2.28. The molecule has 0 saturated carbocycles. The Hall–Kier alpha value is -7.84. The second kappa shape index (κ2) is 15.0. The van der Waals surface area contributed by atoms with Gasteiger partial charge in [0.15, 0.2) is 17.1 Å². The van der Waals surface area contributed by atoms with E-state index in [0.29, 0.717) is 78.7 Å². The lowest BCUT2D eigenvalue weighted by molar-refractivity contribution is 0.581. The highest BCUT2D eigenvalue weighted by Crippen LogP contribution is 2.79. The number of rotatable bonds is 6. The van der Waals surface area contributed by atoms with Gasteiger partial charge in [0.05, 0.1) is 64.7 Å². The summed E-state index contributed by atoms with van der Waals surface area (Å²) in [5, 5.41) is 10.9. The molecular weight excluding hydrogens is 807 g/mol. The fourth-order valence-electron chi connectivity index (χ4n) is 8.60. The second-order valence-electron chi connectivity index (χ2n) is 15.4. The first-order chi connectivity index (χ1) is 29.9. The molecule has 0 saturated heterocycles. The summed E-state index contributed by atoms with van der Waals surface area (Å²) in [6.45, 7) is 31.1.